The van der Waals surface area contributed by atoms with Gasteiger partial charge in [0.1, 0.15) is 22.7 Å². The summed E-state index contributed by atoms with van der Waals surface area (Å²) >= 11 is 0. The molecule has 1 aliphatic rings. The average molecular weight is 398 g/mol. The monoisotopic (exact) mass is 398 g/mol. The number of rotatable bonds is 3. The van der Waals surface area contributed by atoms with E-state index in [0.29, 0.717) is 0 Å². The van der Waals surface area contributed by atoms with Crippen LogP contribution in [-0.4, -0.2) is 28.1 Å². The minimum absolute atomic E-state index is 0.00675. The number of benzene rings is 2. The molecule has 0 radical (unpaired) electrons. The fourth-order valence-corrected chi connectivity index (χ4v) is 3.40. The van der Waals surface area contributed by atoms with Crippen molar-refractivity contribution in [3.63, 3.8) is 0 Å². The summed E-state index contributed by atoms with van der Waals surface area (Å²) in [7, 11) is 0. The smallest absolute Gasteiger partial charge is 0.351 e. The van der Waals surface area contributed by atoms with E-state index in [4.69, 9.17) is 14.3 Å². The second-order valence-corrected chi connectivity index (χ2v) is 6.50. The van der Waals surface area contributed by atoms with Gasteiger partial charge < -0.3 is 19.4 Å². The summed E-state index contributed by atoms with van der Waals surface area (Å²) in [4.78, 5) is 48.0. The molecule has 2 aromatic carbocycles. The molecule has 0 amide bonds. The molecular formula is C20H11FO8. The summed E-state index contributed by atoms with van der Waals surface area (Å²) in [6.07, 6.45) is -0.436. The molecule has 0 aliphatic carbocycles. The number of halogens is 1. The molecule has 0 fully saturated rings. The predicted octanol–water partition coefficient (Wildman–Crippen LogP) is 2.11. The van der Waals surface area contributed by atoms with Crippen LogP contribution in [0.2, 0.25) is 0 Å². The number of carbonyl (C=O) groups excluding carboxylic acids is 1. The number of aliphatic carboxylic acids is 1. The highest BCUT2D eigenvalue weighted by Gasteiger charge is 2.53. The largest absolute Gasteiger partial charge is 0.480 e. The molecule has 0 spiro atoms. The van der Waals surface area contributed by atoms with E-state index >= 15 is 0 Å². The Labute approximate surface area is 160 Å². The van der Waals surface area contributed by atoms with E-state index in [1.54, 1.807) is 0 Å². The van der Waals surface area contributed by atoms with Gasteiger partial charge in [0.15, 0.2) is 5.41 Å². The summed E-state index contributed by atoms with van der Waals surface area (Å²) in [5.41, 5.74) is -3.89. The first-order valence-corrected chi connectivity index (χ1v) is 8.29. The topological polar surface area (TPSA) is 131 Å². The number of ether oxygens (including phenoxy) is 1. The third-order valence-electron chi connectivity index (χ3n) is 4.89. The van der Waals surface area contributed by atoms with Crippen molar-refractivity contribution in [3.05, 3.63) is 75.4 Å². The second-order valence-electron chi connectivity index (χ2n) is 6.50. The maximum atomic E-state index is 13.3. The van der Waals surface area contributed by atoms with Crippen LogP contribution in [0.15, 0.2) is 51.7 Å². The number of carboxylic acid groups (broad SMARTS) is 2. The van der Waals surface area contributed by atoms with Crippen LogP contribution in [0.4, 0.5) is 4.39 Å². The molecule has 146 valence electrons. The second kappa shape index (κ2) is 6.26. The number of aromatic carboxylic acids is 1. The van der Waals surface area contributed by atoms with Crippen LogP contribution in [0.3, 0.4) is 0 Å². The number of esters is 1. The van der Waals surface area contributed by atoms with Crippen molar-refractivity contribution in [1.82, 2.24) is 0 Å². The Morgan fingerprint density at radius 2 is 1.72 bits per heavy atom. The summed E-state index contributed by atoms with van der Waals surface area (Å²) in [6, 6.07) is 8.22. The van der Waals surface area contributed by atoms with Crippen molar-refractivity contribution in [3.8, 4) is 5.75 Å². The van der Waals surface area contributed by atoms with Crippen LogP contribution < -0.4 is 10.4 Å². The first-order chi connectivity index (χ1) is 13.7. The Balaban J connectivity index is 1.98. The van der Waals surface area contributed by atoms with Gasteiger partial charge in [-0.05, 0) is 35.9 Å². The molecule has 9 heteroatoms. The summed E-state index contributed by atoms with van der Waals surface area (Å²) in [5.74, 6) is -4.70. The Morgan fingerprint density at radius 1 is 1.03 bits per heavy atom. The van der Waals surface area contributed by atoms with E-state index in [1.807, 2.05) is 0 Å². The lowest BCUT2D eigenvalue weighted by Gasteiger charge is -2.32. The fourth-order valence-electron chi connectivity index (χ4n) is 3.40. The zero-order chi connectivity index (χ0) is 20.9. The van der Waals surface area contributed by atoms with Gasteiger partial charge in [0, 0.05) is 17.4 Å². The summed E-state index contributed by atoms with van der Waals surface area (Å²) < 4.78 is 23.7. The quantitative estimate of drug-likeness (QED) is 0.297. The molecule has 0 bridgehead atoms. The zero-order valence-corrected chi connectivity index (χ0v) is 14.5. The molecule has 2 N–H and O–H groups in total. The Morgan fingerprint density at radius 3 is 2.34 bits per heavy atom. The van der Waals surface area contributed by atoms with Crippen molar-refractivity contribution in [1.29, 1.82) is 0 Å². The third-order valence-corrected chi connectivity index (χ3v) is 4.89. The van der Waals surface area contributed by atoms with Gasteiger partial charge in [0.05, 0.1) is 0 Å². The maximum absolute atomic E-state index is 13.3. The van der Waals surface area contributed by atoms with Gasteiger partial charge in [-0.15, -0.1) is 0 Å². The van der Waals surface area contributed by atoms with E-state index in [1.165, 1.54) is 24.3 Å². The van der Waals surface area contributed by atoms with Gasteiger partial charge in [-0.3, -0.25) is 9.59 Å². The van der Waals surface area contributed by atoms with Crippen LogP contribution in [-0.2, 0) is 21.4 Å². The minimum atomic E-state index is -2.20. The van der Waals surface area contributed by atoms with Crippen LogP contribution >= 0.6 is 0 Å². The van der Waals surface area contributed by atoms with Crippen LogP contribution in [0.5, 0.6) is 5.75 Å². The van der Waals surface area contributed by atoms with Gasteiger partial charge in [0.2, 0.25) is 0 Å². The van der Waals surface area contributed by atoms with E-state index in [2.05, 4.69) is 0 Å². The maximum Gasteiger partial charge on any atom is 0.351 e. The van der Waals surface area contributed by atoms with Crippen LogP contribution in [0.25, 0.3) is 11.0 Å². The van der Waals surface area contributed by atoms with Crippen molar-refractivity contribution in [2.75, 3.05) is 0 Å². The number of hydrogen-bond acceptors (Lipinski definition) is 6. The first-order valence-electron chi connectivity index (χ1n) is 8.29. The fraction of sp³-hybridized carbons (Fsp3) is 0.100. The normalized spacial score (nSPS) is 18.2. The third kappa shape index (κ3) is 2.66. The Kier molecular flexibility index (Phi) is 3.97. The molecule has 3 aromatic rings. The van der Waals surface area contributed by atoms with E-state index in [0.717, 1.165) is 18.2 Å². The number of hydrogen-bond donors (Lipinski definition) is 2. The van der Waals surface area contributed by atoms with E-state index < -0.39 is 46.7 Å². The molecule has 1 aromatic heterocycles. The van der Waals surface area contributed by atoms with E-state index in [-0.39, 0.29) is 27.8 Å². The Hall–Kier alpha value is -4.01. The minimum Gasteiger partial charge on any atom is -0.480 e. The van der Waals surface area contributed by atoms with Gasteiger partial charge in [-0.1, -0.05) is 12.1 Å². The van der Waals surface area contributed by atoms with Crippen molar-refractivity contribution in [2.45, 2.75) is 11.8 Å². The molecule has 1 aliphatic heterocycles. The molecule has 8 nitrogen and oxygen atoms in total. The summed E-state index contributed by atoms with van der Waals surface area (Å²) in [5, 5.41) is 19.2. The number of carboxylic acids is 2. The highest BCUT2D eigenvalue weighted by molar-refractivity contribution is 6.08. The van der Waals surface area contributed by atoms with Gasteiger partial charge in [-0.25, -0.2) is 14.0 Å². The SMILES string of the molecule is O=C(O)c1cc2ccc3c(c2oc1=O)CC(C(=O)O)(c1ccc(F)cc1)C(=O)O3. The van der Waals surface area contributed by atoms with Crippen LogP contribution in [0.1, 0.15) is 21.5 Å². The lowest BCUT2D eigenvalue weighted by Crippen LogP contribution is -2.50. The molecule has 1 atom stereocenters. The van der Waals surface area contributed by atoms with E-state index in [9.17, 15) is 28.7 Å². The lowest BCUT2D eigenvalue weighted by atomic mass is 9.73. The highest BCUT2D eigenvalue weighted by atomic mass is 19.1. The van der Waals surface area contributed by atoms with Crippen LogP contribution in [0, 0.1) is 5.82 Å². The van der Waals surface area contributed by atoms with Crippen molar-refractivity contribution in [2.24, 2.45) is 0 Å². The number of carbonyl (C=O) groups is 3. The zero-order valence-electron chi connectivity index (χ0n) is 14.5. The first kappa shape index (κ1) is 18.4. The van der Waals surface area contributed by atoms with Gasteiger partial charge in [-0.2, -0.15) is 0 Å². The molecule has 4 rings (SSSR count). The Bertz CT molecular complexity index is 1260. The van der Waals surface area contributed by atoms with Gasteiger partial charge >= 0.3 is 23.5 Å². The van der Waals surface area contributed by atoms with Crippen molar-refractivity contribution < 1.29 is 38.1 Å². The number of fused-ring (bicyclic) bond motifs is 3. The molecule has 0 saturated carbocycles. The molecule has 0 saturated heterocycles. The average Bonchev–Trinajstić information content (AvgIpc) is 2.67. The lowest BCUT2D eigenvalue weighted by molar-refractivity contribution is -0.157. The molecule has 29 heavy (non-hydrogen) atoms. The highest BCUT2D eigenvalue weighted by Crippen LogP contribution is 2.41. The molecule has 1 unspecified atom stereocenters. The molecule has 2 heterocycles. The summed E-state index contributed by atoms with van der Waals surface area (Å²) in [6.45, 7) is 0. The van der Waals surface area contributed by atoms with Crippen molar-refractivity contribution >= 4 is 28.9 Å². The predicted molar refractivity (Wildman–Crippen MR) is 94.5 cm³/mol. The standard InChI is InChI=1S/C20H11FO8/c21-11-4-2-10(3-5-11)20(18(25)26)8-13-14(28-19(20)27)6-1-9-7-12(16(22)23)17(24)29-15(9)13/h1-7H,8H2,(H,22,23)(H,25,26). The molecular weight excluding hydrogens is 387 g/mol. The van der Waals surface area contributed by atoms with Gasteiger partial charge in [0.25, 0.3) is 0 Å².